The van der Waals surface area contributed by atoms with Gasteiger partial charge >= 0.3 is 0 Å². The second-order valence-electron chi connectivity index (χ2n) is 6.35. The number of sulfone groups is 1. The molecular formula is C18H15ClN2O4S. The Hall–Kier alpha value is -2.25. The summed E-state index contributed by atoms with van der Waals surface area (Å²) in [6.07, 6.45) is 5.06. The molecule has 1 aromatic heterocycles. The van der Waals surface area contributed by atoms with Crippen LogP contribution in [0.4, 0.5) is 0 Å². The minimum atomic E-state index is -3.34. The highest BCUT2D eigenvalue weighted by atomic mass is 35.5. The molecule has 0 amide bonds. The largest absolute Gasteiger partial charge is 0.294 e. The van der Waals surface area contributed by atoms with Crippen molar-refractivity contribution in [3.63, 3.8) is 0 Å². The predicted octanol–water partition coefficient (Wildman–Crippen LogP) is 2.71. The maximum atomic E-state index is 13.1. The minimum Gasteiger partial charge on any atom is -0.294 e. The van der Waals surface area contributed by atoms with Gasteiger partial charge in [0.05, 0.1) is 26.9 Å². The van der Waals surface area contributed by atoms with Gasteiger partial charge in [-0.15, -0.1) is 0 Å². The quantitative estimate of drug-likeness (QED) is 0.594. The molecule has 6 nitrogen and oxygen atoms in total. The fourth-order valence-corrected chi connectivity index (χ4v) is 5.48. The average molecular weight is 391 g/mol. The van der Waals surface area contributed by atoms with E-state index in [9.17, 15) is 18.0 Å². The second kappa shape index (κ2) is 6.17. The molecule has 0 spiro atoms. The highest BCUT2D eigenvalue weighted by molar-refractivity contribution is 7.91. The molecule has 26 heavy (non-hydrogen) atoms. The Balaban J connectivity index is 1.86. The summed E-state index contributed by atoms with van der Waals surface area (Å²) in [7, 11) is -3.34. The Morgan fingerprint density at radius 1 is 1.19 bits per heavy atom. The predicted molar refractivity (Wildman–Crippen MR) is 95.8 cm³/mol. The van der Waals surface area contributed by atoms with Crippen LogP contribution in [0.25, 0.3) is 5.70 Å². The summed E-state index contributed by atoms with van der Waals surface area (Å²) < 4.78 is 25.6. The van der Waals surface area contributed by atoms with Crippen LogP contribution in [0.3, 0.4) is 0 Å². The van der Waals surface area contributed by atoms with Gasteiger partial charge in [0.25, 0.3) is 0 Å². The van der Waals surface area contributed by atoms with Gasteiger partial charge in [-0.05, 0) is 43.0 Å². The number of rotatable bonds is 3. The summed E-state index contributed by atoms with van der Waals surface area (Å²) in [5.41, 5.74) is 1.27. The lowest BCUT2D eigenvalue weighted by molar-refractivity contribution is -0.115. The Morgan fingerprint density at radius 3 is 2.73 bits per heavy atom. The number of hydrogen-bond donors (Lipinski definition) is 0. The van der Waals surface area contributed by atoms with Crippen LogP contribution < -0.4 is 0 Å². The molecule has 0 N–H and O–H groups in total. The number of Topliss-reactive ketones (excluding diaryl/α,β-unsaturated/α-hetero) is 2. The van der Waals surface area contributed by atoms with Crippen LogP contribution in [0.1, 0.15) is 35.2 Å². The number of allylic oxidation sites excluding steroid dienone is 2. The zero-order chi connectivity index (χ0) is 18.5. The first kappa shape index (κ1) is 17.2. The molecule has 0 bridgehead atoms. The van der Waals surface area contributed by atoms with Gasteiger partial charge in [-0.1, -0.05) is 11.6 Å². The van der Waals surface area contributed by atoms with E-state index in [1.165, 1.54) is 16.8 Å². The number of hydrogen-bond acceptors (Lipinski definition) is 5. The van der Waals surface area contributed by atoms with Crippen LogP contribution in [-0.2, 0) is 21.1 Å². The van der Waals surface area contributed by atoms with Crippen molar-refractivity contribution >= 4 is 38.7 Å². The first-order valence-electron chi connectivity index (χ1n) is 8.25. The fourth-order valence-electron chi connectivity index (χ4n) is 3.53. The lowest BCUT2D eigenvalue weighted by Crippen LogP contribution is -2.22. The van der Waals surface area contributed by atoms with Gasteiger partial charge in [0.15, 0.2) is 21.4 Å². The Bertz CT molecular complexity index is 1070. The first-order chi connectivity index (χ1) is 12.4. The Kier molecular flexibility index (Phi) is 4.08. The van der Waals surface area contributed by atoms with E-state index in [2.05, 4.69) is 5.10 Å². The zero-order valence-corrected chi connectivity index (χ0v) is 15.3. The summed E-state index contributed by atoms with van der Waals surface area (Å²) >= 11 is 6.37. The molecule has 2 aliphatic rings. The molecule has 1 aromatic carbocycles. The van der Waals surface area contributed by atoms with Crippen molar-refractivity contribution in [2.45, 2.75) is 30.6 Å². The van der Waals surface area contributed by atoms with Crippen LogP contribution >= 0.6 is 11.6 Å². The van der Waals surface area contributed by atoms with Crippen molar-refractivity contribution < 1.29 is 18.0 Å². The minimum absolute atomic E-state index is 0.0140. The van der Waals surface area contributed by atoms with Crippen molar-refractivity contribution in [2.75, 3.05) is 5.75 Å². The molecule has 134 valence electrons. The molecule has 1 aliphatic heterocycles. The molecule has 8 heteroatoms. The van der Waals surface area contributed by atoms with E-state index in [0.717, 1.165) is 0 Å². The van der Waals surface area contributed by atoms with Gasteiger partial charge in [0, 0.05) is 24.4 Å². The molecule has 0 saturated carbocycles. The van der Waals surface area contributed by atoms with E-state index in [0.29, 0.717) is 30.5 Å². The van der Waals surface area contributed by atoms with Gasteiger partial charge < -0.3 is 0 Å². The third-order valence-electron chi connectivity index (χ3n) is 4.79. The van der Waals surface area contributed by atoms with E-state index in [1.807, 2.05) is 0 Å². The number of fused-ring (bicyclic) bond motifs is 1. The van der Waals surface area contributed by atoms with Gasteiger partial charge in [0.2, 0.25) is 0 Å². The number of benzene rings is 1. The average Bonchev–Trinajstić information content (AvgIpc) is 3.23. The number of aromatic nitrogens is 2. The highest BCUT2D eigenvalue weighted by Gasteiger charge is 2.34. The Morgan fingerprint density at radius 2 is 2.00 bits per heavy atom. The summed E-state index contributed by atoms with van der Waals surface area (Å²) in [4.78, 5) is 25.8. The van der Waals surface area contributed by atoms with Gasteiger partial charge in [-0.25, -0.2) is 13.1 Å². The number of carbonyl (C=O) groups excluding carboxylic acids is 2. The molecule has 4 rings (SSSR count). The topological polar surface area (TPSA) is 86.1 Å². The molecule has 2 heterocycles. The molecule has 0 atom stereocenters. The zero-order valence-electron chi connectivity index (χ0n) is 13.7. The summed E-state index contributed by atoms with van der Waals surface area (Å²) in [6.45, 7) is 0. The fraction of sp³-hybridized carbons (Fsp3) is 0.278. The van der Waals surface area contributed by atoms with Crippen LogP contribution in [0.15, 0.2) is 41.1 Å². The standard InChI is InChI=1S/C18H15ClN2O4S/c19-17-11-7-10-26(24,25)15(11)6-5-12(17)18(23)16-13(3-1-4-14(16)22)21-9-2-8-20-21/h2,5-6,8-9H,1,3-4,7,10H2. The van der Waals surface area contributed by atoms with Gasteiger partial charge in [-0.2, -0.15) is 5.10 Å². The van der Waals surface area contributed by atoms with Crippen molar-refractivity contribution in [1.29, 1.82) is 0 Å². The molecule has 1 aliphatic carbocycles. The van der Waals surface area contributed by atoms with E-state index in [4.69, 9.17) is 11.6 Å². The van der Waals surface area contributed by atoms with Crippen LogP contribution in [0.5, 0.6) is 0 Å². The molecule has 0 fully saturated rings. The third kappa shape index (κ3) is 2.62. The van der Waals surface area contributed by atoms with Gasteiger partial charge in [-0.3, -0.25) is 9.59 Å². The van der Waals surface area contributed by atoms with Crippen molar-refractivity contribution in [3.8, 4) is 0 Å². The molecular weight excluding hydrogens is 376 g/mol. The van der Waals surface area contributed by atoms with Crippen LogP contribution in [-0.4, -0.2) is 35.5 Å². The Labute approximate surface area is 155 Å². The molecule has 0 unspecified atom stereocenters. The monoisotopic (exact) mass is 390 g/mol. The SMILES string of the molecule is O=C1CCCC(n2cccn2)=C1C(=O)c1ccc2c(c1Cl)CCS2(=O)=O. The van der Waals surface area contributed by atoms with Crippen molar-refractivity contribution in [2.24, 2.45) is 0 Å². The summed E-state index contributed by atoms with van der Waals surface area (Å²) in [6, 6.07) is 4.54. The van der Waals surface area contributed by atoms with E-state index >= 15 is 0 Å². The smallest absolute Gasteiger partial charge is 0.199 e. The van der Waals surface area contributed by atoms with E-state index in [-0.39, 0.29) is 39.0 Å². The molecule has 0 radical (unpaired) electrons. The maximum Gasteiger partial charge on any atom is 0.199 e. The number of halogens is 1. The van der Waals surface area contributed by atoms with Crippen molar-refractivity contribution in [1.82, 2.24) is 9.78 Å². The lowest BCUT2D eigenvalue weighted by atomic mass is 9.88. The number of ketones is 2. The second-order valence-corrected chi connectivity index (χ2v) is 8.81. The number of nitrogens with zero attached hydrogens (tertiary/aromatic N) is 2. The van der Waals surface area contributed by atoms with Crippen LogP contribution in [0, 0.1) is 0 Å². The maximum absolute atomic E-state index is 13.1. The number of carbonyl (C=O) groups is 2. The third-order valence-corrected chi connectivity index (χ3v) is 7.02. The summed E-state index contributed by atoms with van der Waals surface area (Å²) in [5.74, 6) is -0.729. The van der Waals surface area contributed by atoms with E-state index in [1.54, 1.807) is 18.5 Å². The van der Waals surface area contributed by atoms with Gasteiger partial charge in [0.1, 0.15) is 0 Å². The van der Waals surface area contributed by atoms with E-state index < -0.39 is 15.6 Å². The summed E-state index contributed by atoms with van der Waals surface area (Å²) in [5, 5.41) is 4.27. The molecule has 0 saturated heterocycles. The molecule has 2 aromatic rings. The normalized spacial score (nSPS) is 18.9. The van der Waals surface area contributed by atoms with Crippen LogP contribution in [0.2, 0.25) is 5.02 Å². The lowest BCUT2D eigenvalue weighted by Gasteiger charge is -2.19. The first-order valence-corrected chi connectivity index (χ1v) is 10.3. The van der Waals surface area contributed by atoms with Crippen molar-refractivity contribution in [3.05, 3.63) is 52.3 Å². The highest BCUT2D eigenvalue weighted by Crippen LogP contribution is 2.36.